The summed E-state index contributed by atoms with van der Waals surface area (Å²) in [4.78, 5) is 2.44. The predicted octanol–water partition coefficient (Wildman–Crippen LogP) is 12.0. The highest BCUT2D eigenvalue weighted by Crippen LogP contribution is 2.48. The monoisotopic (exact) mass is 553 g/mol. The maximum atomic E-state index is 2.44. The van der Waals surface area contributed by atoms with Crippen LogP contribution < -0.4 is 4.90 Å². The van der Waals surface area contributed by atoms with E-state index in [0.717, 1.165) is 5.69 Å². The van der Waals surface area contributed by atoms with Crippen molar-refractivity contribution in [2.75, 3.05) is 4.90 Å². The van der Waals surface area contributed by atoms with Gasteiger partial charge in [-0.2, -0.15) is 0 Å². The van der Waals surface area contributed by atoms with Gasteiger partial charge >= 0.3 is 0 Å². The minimum Gasteiger partial charge on any atom is -0.308 e. The molecule has 0 aliphatic heterocycles. The third kappa shape index (κ3) is 4.16. The number of anilines is 3. The van der Waals surface area contributed by atoms with Crippen molar-refractivity contribution in [1.82, 2.24) is 0 Å². The van der Waals surface area contributed by atoms with Crippen LogP contribution in [0.25, 0.3) is 53.2 Å². The fourth-order valence-electron chi connectivity index (χ4n) is 6.07. The van der Waals surface area contributed by atoms with E-state index in [2.05, 4.69) is 169 Å². The summed E-state index contributed by atoms with van der Waals surface area (Å²) in [5.74, 6) is 0. The van der Waals surface area contributed by atoms with Crippen LogP contribution in [-0.2, 0) is 0 Å². The number of rotatable bonds is 5. The number of nitrogens with zero attached hydrogens (tertiary/aromatic N) is 1. The summed E-state index contributed by atoms with van der Waals surface area (Å²) in [6.07, 6.45) is 0. The second kappa shape index (κ2) is 10.3. The summed E-state index contributed by atoms with van der Waals surface area (Å²) in [5.41, 5.74) is 8.47. The van der Waals surface area contributed by atoms with Crippen LogP contribution in [-0.4, -0.2) is 0 Å². The zero-order chi connectivity index (χ0) is 27.9. The first-order valence-corrected chi connectivity index (χ1v) is 15.1. The van der Waals surface area contributed by atoms with Crippen LogP contribution in [0.3, 0.4) is 0 Å². The fourth-order valence-corrected chi connectivity index (χ4v) is 7.41. The first-order valence-electron chi connectivity index (χ1n) is 14.3. The van der Waals surface area contributed by atoms with Gasteiger partial charge in [-0.15, -0.1) is 11.3 Å². The van der Waals surface area contributed by atoms with Crippen LogP contribution in [0.15, 0.2) is 164 Å². The lowest BCUT2D eigenvalue weighted by Crippen LogP contribution is -2.10. The van der Waals surface area contributed by atoms with E-state index in [1.807, 2.05) is 11.3 Å². The Balaban J connectivity index is 1.38. The Kier molecular flexibility index (Phi) is 6.05. The Labute approximate surface area is 249 Å². The van der Waals surface area contributed by atoms with Crippen LogP contribution in [0.4, 0.5) is 17.1 Å². The Morgan fingerprint density at radius 2 is 0.905 bits per heavy atom. The average Bonchev–Trinajstić information content (AvgIpc) is 3.46. The molecule has 8 rings (SSSR count). The van der Waals surface area contributed by atoms with Gasteiger partial charge < -0.3 is 4.90 Å². The third-order valence-electron chi connectivity index (χ3n) is 8.07. The summed E-state index contributed by atoms with van der Waals surface area (Å²) >= 11 is 1.89. The molecule has 1 aromatic heterocycles. The maximum absolute atomic E-state index is 2.44. The van der Waals surface area contributed by atoms with E-state index in [9.17, 15) is 0 Å². The number of hydrogen-bond donors (Lipinski definition) is 0. The SMILES string of the molecule is c1ccc(-c2ccc(N(c3cccc4ccccc34)c3cccc4c3sc3c(-c5ccccc5)cccc34)cc2)cc1. The van der Waals surface area contributed by atoms with Gasteiger partial charge in [0, 0.05) is 26.5 Å². The Hall–Kier alpha value is -5.18. The summed E-state index contributed by atoms with van der Waals surface area (Å²) in [5, 5.41) is 5.05. The van der Waals surface area contributed by atoms with Gasteiger partial charge in [-0.25, -0.2) is 0 Å². The molecule has 8 aromatic rings. The van der Waals surface area contributed by atoms with Gasteiger partial charge in [0.05, 0.1) is 16.1 Å². The van der Waals surface area contributed by atoms with Crippen LogP contribution in [0.2, 0.25) is 0 Å². The molecule has 0 amide bonds. The van der Waals surface area contributed by atoms with Gasteiger partial charge in [-0.05, 0) is 51.9 Å². The normalized spacial score (nSPS) is 11.3. The van der Waals surface area contributed by atoms with Crippen molar-refractivity contribution in [1.29, 1.82) is 0 Å². The average molecular weight is 554 g/mol. The number of fused-ring (bicyclic) bond motifs is 4. The zero-order valence-electron chi connectivity index (χ0n) is 22.9. The molecule has 1 heterocycles. The lowest BCUT2D eigenvalue weighted by molar-refractivity contribution is 1.32. The molecule has 0 atom stereocenters. The second-order valence-corrected chi connectivity index (χ2v) is 11.6. The highest BCUT2D eigenvalue weighted by molar-refractivity contribution is 7.27. The minimum absolute atomic E-state index is 1.14. The molecule has 2 heteroatoms. The van der Waals surface area contributed by atoms with Crippen molar-refractivity contribution < 1.29 is 0 Å². The van der Waals surface area contributed by atoms with Crippen molar-refractivity contribution in [3.63, 3.8) is 0 Å². The molecule has 42 heavy (non-hydrogen) atoms. The Morgan fingerprint density at radius 1 is 0.357 bits per heavy atom. The molecule has 0 N–H and O–H groups in total. The lowest BCUT2D eigenvalue weighted by atomic mass is 10.0. The molecule has 0 unspecified atom stereocenters. The standard InChI is InChI=1S/C40H27NS/c1-3-12-28(13-4-1)29-24-26-32(27-25-29)41(37-22-9-17-30-16-7-8-18-33(30)37)38-23-11-21-36-35-20-10-19-34(39(35)42-40(36)38)31-14-5-2-6-15-31/h1-27H. The molecule has 198 valence electrons. The van der Waals surface area contributed by atoms with Gasteiger partial charge in [0.15, 0.2) is 0 Å². The first-order chi connectivity index (χ1) is 20.8. The molecule has 0 aliphatic rings. The molecule has 0 fully saturated rings. The minimum atomic E-state index is 1.14. The summed E-state index contributed by atoms with van der Waals surface area (Å²) in [6.45, 7) is 0. The van der Waals surface area contributed by atoms with Gasteiger partial charge in [-0.3, -0.25) is 0 Å². The molecule has 0 radical (unpaired) electrons. The van der Waals surface area contributed by atoms with Gasteiger partial charge in [0.2, 0.25) is 0 Å². The lowest BCUT2D eigenvalue weighted by Gasteiger charge is -2.27. The van der Waals surface area contributed by atoms with E-state index in [-0.39, 0.29) is 0 Å². The molecule has 0 saturated heterocycles. The molecule has 0 bridgehead atoms. The van der Waals surface area contributed by atoms with E-state index in [0.29, 0.717) is 0 Å². The summed E-state index contributed by atoms with van der Waals surface area (Å²) in [7, 11) is 0. The summed E-state index contributed by atoms with van der Waals surface area (Å²) in [6, 6.07) is 59.0. The Bertz CT molecular complexity index is 2170. The number of thiophene rings is 1. The zero-order valence-corrected chi connectivity index (χ0v) is 23.8. The van der Waals surface area contributed by atoms with Crippen LogP contribution in [0, 0.1) is 0 Å². The van der Waals surface area contributed by atoms with Crippen molar-refractivity contribution in [3.8, 4) is 22.3 Å². The van der Waals surface area contributed by atoms with Crippen LogP contribution >= 0.6 is 11.3 Å². The topological polar surface area (TPSA) is 3.24 Å². The molecule has 7 aromatic carbocycles. The molecular formula is C40H27NS. The first kappa shape index (κ1) is 24.6. The molecular weight excluding hydrogens is 527 g/mol. The van der Waals surface area contributed by atoms with E-state index < -0.39 is 0 Å². The Morgan fingerprint density at radius 3 is 1.69 bits per heavy atom. The third-order valence-corrected chi connectivity index (χ3v) is 9.35. The number of hydrogen-bond acceptors (Lipinski definition) is 2. The molecule has 0 aliphatic carbocycles. The number of benzene rings is 7. The highest BCUT2D eigenvalue weighted by Gasteiger charge is 2.20. The van der Waals surface area contributed by atoms with Crippen molar-refractivity contribution in [3.05, 3.63) is 164 Å². The predicted molar refractivity (Wildman–Crippen MR) is 182 cm³/mol. The van der Waals surface area contributed by atoms with Crippen LogP contribution in [0.5, 0.6) is 0 Å². The van der Waals surface area contributed by atoms with E-state index in [1.54, 1.807) is 0 Å². The van der Waals surface area contributed by atoms with Crippen molar-refractivity contribution in [2.24, 2.45) is 0 Å². The van der Waals surface area contributed by atoms with E-state index in [1.165, 1.54) is 64.6 Å². The smallest absolute Gasteiger partial charge is 0.0640 e. The van der Waals surface area contributed by atoms with Crippen LogP contribution in [0.1, 0.15) is 0 Å². The van der Waals surface area contributed by atoms with Gasteiger partial charge in [-0.1, -0.05) is 140 Å². The van der Waals surface area contributed by atoms with Gasteiger partial charge in [0.1, 0.15) is 0 Å². The molecule has 0 saturated carbocycles. The fraction of sp³-hybridized carbons (Fsp3) is 0. The van der Waals surface area contributed by atoms with Crippen molar-refractivity contribution in [2.45, 2.75) is 0 Å². The largest absolute Gasteiger partial charge is 0.308 e. The molecule has 1 nitrogen and oxygen atoms in total. The van der Waals surface area contributed by atoms with E-state index >= 15 is 0 Å². The highest BCUT2D eigenvalue weighted by atomic mass is 32.1. The van der Waals surface area contributed by atoms with E-state index in [4.69, 9.17) is 0 Å². The summed E-state index contributed by atoms with van der Waals surface area (Å²) < 4.78 is 2.61. The van der Waals surface area contributed by atoms with Gasteiger partial charge in [0.25, 0.3) is 0 Å². The second-order valence-electron chi connectivity index (χ2n) is 10.6. The van der Waals surface area contributed by atoms with Crippen molar-refractivity contribution >= 4 is 59.3 Å². The molecule has 0 spiro atoms. The maximum Gasteiger partial charge on any atom is 0.0640 e. The quantitative estimate of drug-likeness (QED) is 0.205.